The van der Waals surface area contributed by atoms with Crippen LogP contribution in [0, 0.1) is 17.5 Å². The van der Waals surface area contributed by atoms with Gasteiger partial charge in [0.25, 0.3) is 0 Å². The Morgan fingerprint density at radius 3 is 2.35 bits per heavy atom. The zero-order valence-corrected chi connectivity index (χ0v) is 11.1. The summed E-state index contributed by atoms with van der Waals surface area (Å²) in [6, 6.07) is 7.31. The van der Waals surface area contributed by atoms with Gasteiger partial charge in [-0.05, 0) is 25.1 Å². The lowest BCUT2D eigenvalue weighted by Crippen LogP contribution is -2.09. The number of anilines is 1. The van der Waals surface area contributed by atoms with E-state index >= 15 is 0 Å². The first kappa shape index (κ1) is 14.2. The van der Waals surface area contributed by atoms with Crippen molar-refractivity contribution in [3.05, 3.63) is 59.4 Å². The minimum absolute atomic E-state index is 0.135. The highest BCUT2D eigenvalue weighted by atomic mass is 19.1. The van der Waals surface area contributed by atoms with Crippen molar-refractivity contribution in [2.75, 3.05) is 12.4 Å². The van der Waals surface area contributed by atoms with Crippen LogP contribution in [0.2, 0.25) is 0 Å². The topological polar surface area (TPSA) is 21.3 Å². The van der Waals surface area contributed by atoms with Gasteiger partial charge < -0.3 is 10.1 Å². The van der Waals surface area contributed by atoms with E-state index in [-0.39, 0.29) is 5.75 Å². The van der Waals surface area contributed by atoms with E-state index < -0.39 is 23.5 Å². The quantitative estimate of drug-likeness (QED) is 0.902. The Morgan fingerprint density at radius 2 is 1.75 bits per heavy atom. The van der Waals surface area contributed by atoms with E-state index in [0.29, 0.717) is 11.3 Å². The Hall–Kier alpha value is -2.17. The van der Waals surface area contributed by atoms with Gasteiger partial charge in [-0.2, -0.15) is 0 Å². The molecule has 1 atom stereocenters. The summed E-state index contributed by atoms with van der Waals surface area (Å²) in [5.41, 5.74) is 0.794. The van der Waals surface area contributed by atoms with Crippen LogP contribution in [-0.2, 0) is 0 Å². The molecule has 2 nitrogen and oxygen atoms in total. The molecule has 2 aromatic carbocycles. The molecular weight excluding hydrogens is 267 g/mol. The Bertz CT molecular complexity index is 616. The lowest BCUT2D eigenvalue weighted by atomic mass is 10.1. The monoisotopic (exact) mass is 281 g/mol. The molecule has 0 heterocycles. The van der Waals surface area contributed by atoms with Crippen LogP contribution in [0.1, 0.15) is 18.5 Å². The van der Waals surface area contributed by atoms with E-state index in [0.717, 1.165) is 6.07 Å². The average molecular weight is 281 g/mol. The smallest absolute Gasteiger partial charge is 0.167 e. The first-order chi connectivity index (χ1) is 9.51. The predicted octanol–water partition coefficient (Wildman–Crippen LogP) is 4.29. The largest absolute Gasteiger partial charge is 0.494 e. The van der Waals surface area contributed by atoms with Gasteiger partial charge in [0.05, 0.1) is 13.2 Å². The molecule has 0 fully saturated rings. The number of nitrogens with one attached hydrogen (secondary N) is 1. The van der Waals surface area contributed by atoms with Crippen molar-refractivity contribution in [2.45, 2.75) is 13.0 Å². The van der Waals surface area contributed by atoms with Crippen LogP contribution in [0.3, 0.4) is 0 Å². The number of halogens is 3. The molecular formula is C15H14F3NO. The molecule has 1 N–H and O–H groups in total. The molecule has 0 bridgehead atoms. The summed E-state index contributed by atoms with van der Waals surface area (Å²) in [5.74, 6) is -1.65. The molecule has 106 valence electrons. The van der Waals surface area contributed by atoms with Crippen LogP contribution >= 0.6 is 0 Å². The van der Waals surface area contributed by atoms with E-state index in [1.807, 2.05) is 0 Å². The van der Waals surface area contributed by atoms with E-state index in [1.165, 1.54) is 31.4 Å². The lowest BCUT2D eigenvalue weighted by Gasteiger charge is -2.17. The van der Waals surface area contributed by atoms with Gasteiger partial charge in [-0.15, -0.1) is 0 Å². The Morgan fingerprint density at radius 1 is 1.00 bits per heavy atom. The minimum Gasteiger partial charge on any atom is -0.494 e. The zero-order chi connectivity index (χ0) is 14.7. The summed E-state index contributed by atoms with van der Waals surface area (Å²) in [4.78, 5) is 0. The Labute approximate surface area is 115 Å². The van der Waals surface area contributed by atoms with Crippen LogP contribution in [-0.4, -0.2) is 7.11 Å². The highest BCUT2D eigenvalue weighted by molar-refractivity contribution is 5.49. The second-order valence-electron chi connectivity index (χ2n) is 4.38. The summed E-state index contributed by atoms with van der Waals surface area (Å²) in [7, 11) is 1.38. The summed E-state index contributed by atoms with van der Waals surface area (Å²) in [6.45, 7) is 1.71. The van der Waals surface area contributed by atoms with Gasteiger partial charge in [-0.1, -0.05) is 6.07 Å². The number of benzene rings is 2. The molecule has 2 aromatic rings. The maximum absolute atomic E-state index is 13.6. The van der Waals surface area contributed by atoms with Crippen LogP contribution in [0.5, 0.6) is 5.75 Å². The fourth-order valence-electron chi connectivity index (χ4n) is 1.94. The molecule has 0 aliphatic carbocycles. The van der Waals surface area contributed by atoms with Gasteiger partial charge in [0.2, 0.25) is 0 Å². The molecule has 0 saturated heterocycles. The molecule has 0 spiro atoms. The lowest BCUT2D eigenvalue weighted by molar-refractivity contribution is 0.386. The normalized spacial score (nSPS) is 12.1. The van der Waals surface area contributed by atoms with Gasteiger partial charge >= 0.3 is 0 Å². The molecule has 2 rings (SSSR count). The van der Waals surface area contributed by atoms with Gasteiger partial charge in [0.1, 0.15) is 11.6 Å². The molecule has 1 unspecified atom stereocenters. The highest BCUT2D eigenvalue weighted by Gasteiger charge is 2.12. The average Bonchev–Trinajstić information content (AvgIpc) is 2.38. The Kier molecular flexibility index (Phi) is 4.17. The van der Waals surface area contributed by atoms with E-state index in [9.17, 15) is 13.2 Å². The molecule has 0 radical (unpaired) electrons. The number of rotatable bonds is 4. The van der Waals surface area contributed by atoms with Crippen molar-refractivity contribution < 1.29 is 17.9 Å². The van der Waals surface area contributed by atoms with Crippen molar-refractivity contribution in [3.8, 4) is 5.75 Å². The third-order valence-electron chi connectivity index (χ3n) is 2.96. The van der Waals surface area contributed by atoms with Gasteiger partial charge in [0.15, 0.2) is 11.6 Å². The van der Waals surface area contributed by atoms with Crippen molar-refractivity contribution in [1.82, 2.24) is 0 Å². The predicted molar refractivity (Wildman–Crippen MR) is 71.3 cm³/mol. The molecule has 0 aliphatic rings. The van der Waals surface area contributed by atoms with Crippen molar-refractivity contribution in [3.63, 3.8) is 0 Å². The number of methoxy groups -OCH3 is 1. The van der Waals surface area contributed by atoms with Gasteiger partial charge in [0, 0.05) is 23.4 Å². The summed E-state index contributed by atoms with van der Waals surface area (Å²) in [6.07, 6.45) is 0. The Balaban J connectivity index is 2.18. The van der Waals surface area contributed by atoms with Crippen LogP contribution < -0.4 is 10.1 Å². The van der Waals surface area contributed by atoms with Crippen molar-refractivity contribution in [1.29, 1.82) is 0 Å². The third kappa shape index (κ3) is 3.04. The zero-order valence-electron chi connectivity index (χ0n) is 11.1. The standard InChI is InChI=1S/C15H14F3NO/c1-9(12-5-3-10(16)7-13(12)17)19-11-4-6-15(20-2)14(18)8-11/h3-9,19H,1-2H3. The van der Waals surface area contributed by atoms with Crippen LogP contribution in [0.15, 0.2) is 36.4 Å². The molecule has 0 aliphatic heterocycles. The molecule has 5 heteroatoms. The van der Waals surface area contributed by atoms with Crippen LogP contribution in [0.4, 0.5) is 18.9 Å². The van der Waals surface area contributed by atoms with E-state index in [1.54, 1.807) is 13.0 Å². The fraction of sp³-hybridized carbons (Fsp3) is 0.200. The first-order valence-electron chi connectivity index (χ1n) is 6.06. The molecule has 0 saturated carbocycles. The van der Waals surface area contributed by atoms with Crippen molar-refractivity contribution in [2.24, 2.45) is 0 Å². The fourth-order valence-corrected chi connectivity index (χ4v) is 1.94. The summed E-state index contributed by atoms with van der Waals surface area (Å²) < 4.78 is 44.8. The minimum atomic E-state index is -0.640. The number of hydrogen-bond donors (Lipinski definition) is 1. The number of hydrogen-bond acceptors (Lipinski definition) is 2. The van der Waals surface area contributed by atoms with Gasteiger partial charge in [-0.25, -0.2) is 13.2 Å². The second-order valence-corrected chi connectivity index (χ2v) is 4.38. The SMILES string of the molecule is COc1ccc(NC(C)c2ccc(F)cc2F)cc1F. The molecule has 0 aromatic heterocycles. The first-order valence-corrected chi connectivity index (χ1v) is 6.06. The maximum Gasteiger partial charge on any atom is 0.167 e. The summed E-state index contributed by atoms with van der Waals surface area (Å²) >= 11 is 0. The highest BCUT2D eigenvalue weighted by Crippen LogP contribution is 2.25. The molecule has 0 amide bonds. The van der Waals surface area contributed by atoms with Gasteiger partial charge in [-0.3, -0.25) is 0 Å². The van der Waals surface area contributed by atoms with Crippen LogP contribution in [0.25, 0.3) is 0 Å². The van der Waals surface area contributed by atoms with E-state index in [4.69, 9.17) is 4.74 Å². The maximum atomic E-state index is 13.6. The number of ether oxygens (including phenoxy) is 1. The third-order valence-corrected chi connectivity index (χ3v) is 2.96. The van der Waals surface area contributed by atoms with E-state index in [2.05, 4.69) is 5.32 Å². The van der Waals surface area contributed by atoms with Crippen molar-refractivity contribution >= 4 is 5.69 Å². The molecule has 20 heavy (non-hydrogen) atoms. The summed E-state index contributed by atoms with van der Waals surface area (Å²) in [5, 5.41) is 2.95. The second kappa shape index (κ2) is 5.86.